The molecular weight excluding hydrogens is 290 g/mol. The van der Waals surface area contributed by atoms with Gasteiger partial charge in [-0.2, -0.15) is 0 Å². The Hall–Kier alpha value is -1.80. The van der Waals surface area contributed by atoms with E-state index in [-0.39, 0.29) is 15.3 Å². The molecule has 2 aromatic rings. The molecule has 2 aromatic heterocycles. The molecule has 0 bridgehead atoms. The van der Waals surface area contributed by atoms with Gasteiger partial charge in [0.1, 0.15) is 17.0 Å². The molecule has 1 aliphatic heterocycles. The highest BCUT2D eigenvalue weighted by Gasteiger charge is 2.27. The van der Waals surface area contributed by atoms with Crippen molar-refractivity contribution in [2.75, 3.05) is 25.0 Å². The highest BCUT2D eigenvalue weighted by molar-refractivity contribution is 7.21. The van der Waals surface area contributed by atoms with Crippen molar-refractivity contribution in [3.8, 4) is 0 Å². The van der Waals surface area contributed by atoms with Crippen molar-refractivity contribution in [2.45, 2.75) is 19.8 Å². The van der Waals surface area contributed by atoms with Crippen LogP contribution in [0.3, 0.4) is 0 Å². The summed E-state index contributed by atoms with van der Waals surface area (Å²) in [6, 6.07) is 1.55. The second-order valence-corrected chi connectivity index (χ2v) is 6.74. The number of nitrogens with zero attached hydrogens (tertiary/aromatic N) is 3. The molecule has 8 heteroatoms. The number of thiophene rings is 1. The number of fused-ring (bicyclic) bond motifs is 1. The fraction of sp³-hybridized carbons (Fsp3) is 0.538. The summed E-state index contributed by atoms with van der Waals surface area (Å²) in [5.74, 6) is 0.677. The zero-order valence-corrected chi connectivity index (χ0v) is 12.6. The molecule has 1 atom stereocenters. The molecule has 21 heavy (non-hydrogen) atoms. The van der Waals surface area contributed by atoms with Crippen LogP contribution in [-0.2, 0) is 0 Å². The van der Waals surface area contributed by atoms with Crippen LogP contribution in [0.4, 0.5) is 10.8 Å². The van der Waals surface area contributed by atoms with Gasteiger partial charge < -0.3 is 10.6 Å². The molecule has 1 aliphatic rings. The number of hydrogen-bond donors (Lipinski definition) is 2. The van der Waals surface area contributed by atoms with E-state index in [1.807, 2.05) is 0 Å². The van der Waals surface area contributed by atoms with Gasteiger partial charge in [-0.25, -0.2) is 9.97 Å². The van der Waals surface area contributed by atoms with Crippen molar-refractivity contribution in [2.24, 2.45) is 5.41 Å². The van der Waals surface area contributed by atoms with Gasteiger partial charge in [-0.15, -0.1) is 0 Å². The number of rotatable bonds is 4. The number of hydrogen-bond acceptors (Lipinski definition) is 7. The quantitative estimate of drug-likeness (QED) is 0.665. The Bertz CT molecular complexity index is 666. The van der Waals surface area contributed by atoms with Gasteiger partial charge in [0.2, 0.25) is 0 Å². The molecule has 7 nitrogen and oxygen atoms in total. The fourth-order valence-corrected chi connectivity index (χ4v) is 3.46. The van der Waals surface area contributed by atoms with Gasteiger partial charge in [0.15, 0.2) is 0 Å². The third kappa shape index (κ3) is 2.96. The number of nitro groups is 1. The van der Waals surface area contributed by atoms with Crippen LogP contribution in [0.25, 0.3) is 10.2 Å². The molecule has 2 N–H and O–H groups in total. The molecule has 3 rings (SSSR count). The minimum absolute atomic E-state index is 0.0964. The molecule has 0 spiro atoms. The summed E-state index contributed by atoms with van der Waals surface area (Å²) >= 11 is 1.08. The molecular formula is C13H17N5O2S. The lowest BCUT2D eigenvalue weighted by Crippen LogP contribution is -2.42. The van der Waals surface area contributed by atoms with E-state index in [0.717, 1.165) is 42.8 Å². The smallest absolute Gasteiger partial charge is 0.326 e. The second kappa shape index (κ2) is 5.53. The van der Waals surface area contributed by atoms with Crippen LogP contribution >= 0.6 is 11.3 Å². The number of piperidine rings is 1. The molecule has 3 heterocycles. The lowest BCUT2D eigenvalue weighted by molar-refractivity contribution is -0.380. The van der Waals surface area contributed by atoms with Crippen molar-refractivity contribution < 1.29 is 4.92 Å². The topological polar surface area (TPSA) is 93.0 Å². The predicted octanol–water partition coefficient (Wildman–Crippen LogP) is 2.40. The van der Waals surface area contributed by atoms with Crippen LogP contribution < -0.4 is 10.6 Å². The SMILES string of the molecule is CC1(CNc2ncnc3sc([N+](=O)[O-])cc23)CCCNC1. The van der Waals surface area contributed by atoms with Crippen LogP contribution in [-0.4, -0.2) is 34.5 Å². The summed E-state index contributed by atoms with van der Waals surface area (Å²) in [4.78, 5) is 19.5. The molecule has 0 saturated carbocycles. The summed E-state index contributed by atoms with van der Waals surface area (Å²) < 4.78 is 0. The van der Waals surface area contributed by atoms with E-state index >= 15 is 0 Å². The lowest BCUT2D eigenvalue weighted by atomic mass is 9.83. The van der Waals surface area contributed by atoms with Gasteiger partial charge >= 0.3 is 5.00 Å². The summed E-state index contributed by atoms with van der Waals surface area (Å²) in [6.45, 7) is 5.07. The van der Waals surface area contributed by atoms with Crippen LogP contribution in [0.1, 0.15) is 19.8 Å². The van der Waals surface area contributed by atoms with E-state index in [2.05, 4.69) is 27.5 Å². The Morgan fingerprint density at radius 3 is 3.14 bits per heavy atom. The van der Waals surface area contributed by atoms with Gasteiger partial charge in [-0.3, -0.25) is 10.1 Å². The van der Waals surface area contributed by atoms with Crippen molar-refractivity contribution in [3.63, 3.8) is 0 Å². The monoisotopic (exact) mass is 307 g/mol. The van der Waals surface area contributed by atoms with Gasteiger partial charge in [-0.05, 0) is 36.1 Å². The minimum atomic E-state index is -0.386. The van der Waals surface area contributed by atoms with Crippen LogP contribution in [0, 0.1) is 15.5 Å². The Kier molecular flexibility index (Phi) is 3.73. The van der Waals surface area contributed by atoms with Gasteiger partial charge in [0, 0.05) is 19.2 Å². The molecule has 1 unspecified atom stereocenters. The molecule has 0 amide bonds. The van der Waals surface area contributed by atoms with Crippen molar-refractivity contribution in [3.05, 3.63) is 22.5 Å². The summed E-state index contributed by atoms with van der Waals surface area (Å²) in [7, 11) is 0. The van der Waals surface area contributed by atoms with Crippen molar-refractivity contribution >= 4 is 32.4 Å². The van der Waals surface area contributed by atoms with Gasteiger partial charge in [0.25, 0.3) is 0 Å². The summed E-state index contributed by atoms with van der Waals surface area (Å²) in [5, 5.41) is 18.4. The average Bonchev–Trinajstić information content (AvgIpc) is 2.91. The largest absolute Gasteiger partial charge is 0.369 e. The third-order valence-corrected chi connectivity index (χ3v) is 4.86. The fourth-order valence-electron chi connectivity index (χ4n) is 2.64. The molecule has 0 aromatic carbocycles. The molecule has 0 radical (unpaired) electrons. The summed E-state index contributed by atoms with van der Waals surface area (Å²) in [6.07, 6.45) is 3.78. The second-order valence-electron chi connectivity index (χ2n) is 5.73. The third-order valence-electron chi connectivity index (χ3n) is 3.86. The van der Waals surface area contributed by atoms with Crippen molar-refractivity contribution in [1.82, 2.24) is 15.3 Å². The van der Waals surface area contributed by atoms with Crippen LogP contribution in [0.2, 0.25) is 0 Å². The number of aromatic nitrogens is 2. The first-order chi connectivity index (χ1) is 10.1. The van der Waals surface area contributed by atoms with Gasteiger partial charge in [-0.1, -0.05) is 6.92 Å². The maximum Gasteiger partial charge on any atom is 0.326 e. The maximum atomic E-state index is 10.9. The summed E-state index contributed by atoms with van der Waals surface area (Å²) in [5.41, 5.74) is 0.178. The Labute approximate surface area is 125 Å². The first kappa shape index (κ1) is 14.2. The van der Waals surface area contributed by atoms with E-state index in [1.54, 1.807) is 6.07 Å². The van der Waals surface area contributed by atoms with Crippen LogP contribution in [0.5, 0.6) is 0 Å². The normalized spacial score (nSPS) is 22.3. The van der Waals surface area contributed by atoms with E-state index < -0.39 is 0 Å². The van der Waals surface area contributed by atoms with E-state index in [9.17, 15) is 10.1 Å². The van der Waals surface area contributed by atoms with E-state index in [1.165, 1.54) is 12.7 Å². The number of nitrogens with one attached hydrogen (secondary N) is 2. The molecule has 0 aliphatic carbocycles. The minimum Gasteiger partial charge on any atom is -0.369 e. The van der Waals surface area contributed by atoms with Crippen molar-refractivity contribution in [1.29, 1.82) is 0 Å². The lowest BCUT2D eigenvalue weighted by Gasteiger charge is -2.34. The predicted molar refractivity (Wildman–Crippen MR) is 82.8 cm³/mol. The Morgan fingerprint density at radius 2 is 2.43 bits per heavy atom. The van der Waals surface area contributed by atoms with E-state index in [0.29, 0.717) is 10.6 Å². The maximum absolute atomic E-state index is 10.9. The van der Waals surface area contributed by atoms with Crippen LogP contribution in [0.15, 0.2) is 12.4 Å². The highest BCUT2D eigenvalue weighted by Crippen LogP contribution is 2.34. The van der Waals surface area contributed by atoms with Gasteiger partial charge in [0.05, 0.1) is 10.3 Å². The Morgan fingerprint density at radius 1 is 1.57 bits per heavy atom. The first-order valence-electron chi connectivity index (χ1n) is 6.91. The average molecular weight is 307 g/mol. The zero-order chi connectivity index (χ0) is 14.9. The number of anilines is 1. The molecule has 112 valence electrons. The standard InChI is InChI=1S/C13H17N5O2S/c1-13(3-2-4-14-6-13)7-15-11-9-5-10(18(19)20)21-12(9)17-8-16-11/h5,8,14H,2-4,6-7H2,1H3,(H,15,16,17). The molecule has 1 fully saturated rings. The zero-order valence-electron chi connectivity index (χ0n) is 11.8. The first-order valence-corrected chi connectivity index (χ1v) is 7.73. The van der Waals surface area contributed by atoms with E-state index in [4.69, 9.17) is 0 Å². The Balaban J connectivity index is 1.81. The molecule has 1 saturated heterocycles. The highest BCUT2D eigenvalue weighted by atomic mass is 32.1.